The fourth-order valence-corrected chi connectivity index (χ4v) is 3.41. The Morgan fingerprint density at radius 2 is 1.93 bits per heavy atom. The lowest BCUT2D eigenvalue weighted by Crippen LogP contribution is -2.41. The minimum absolute atomic E-state index is 0.218. The van der Waals surface area contributed by atoms with Gasteiger partial charge in [-0.1, -0.05) is 6.07 Å². The van der Waals surface area contributed by atoms with Gasteiger partial charge in [0.1, 0.15) is 12.1 Å². The van der Waals surface area contributed by atoms with Crippen LogP contribution in [0.25, 0.3) is 10.9 Å². The Bertz CT molecular complexity index is 952. The third-order valence-electron chi connectivity index (χ3n) is 4.77. The van der Waals surface area contributed by atoms with Gasteiger partial charge in [-0.3, -0.25) is 14.2 Å². The highest BCUT2D eigenvalue weighted by Gasteiger charge is 2.27. The number of likely N-dealkylation sites (tertiary alicyclic amines) is 1. The predicted molar refractivity (Wildman–Crippen MR) is 103 cm³/mol. The molecule has 0 radical (unpaired) electrons. The number of piperidine rings is 1. The summed E-state index contributed by atoms with van der Waals surface area (Å²) in [5.41, 5.74) is 0.667. The molecule has 1 N–H and O–H groups in total. The maximum absolute atomic E-state index is 12.6. The standard InChI is InChI=1S/C20H25N3O5/c1-20(2,3)28-19(27)22-8-6-13(7-9-22)14-4-5-16-15(10-14)18(26)23(12-21-16)11-17(24)25/h4-5,10,12-13H,6-9,11H2,1-3H3,(H,24,25). The highest BCUT2D eigenvalue weighted by molar-refractivity contribution is 5.78. The lowest BCUT2D eigenvalue weighted by atomic mass is 9.89. The fraction of sp³-hybridized carbons (Fsp3) is 0.500. The van der Waals surface area contributed by atoms with Crippen LogP contribution < -0.4 is 5.56 Å². The molecule has 1 fully saturated rings. The van der Waals surface area contributed by atoms with Crippen LogP contribution in [0.3, 0.4) is 0 Å². The van der Waals surface area contributed by atoms with Gasteiger partial charge in [-0.25, -0.2) is 9.78 Å². The van der Waals surface area contributed by atoms with E-state index in [2.05, 4.69) is 4.98 Å². The summed E-state index contributed by atoms with van der Waals surface area (Å²) in [4.78, 5) is 41.6. The van der Waals surface area contributed by atoms with Gasteiger partial charge in [0.25, 0.3) is 5.56 Å². The Morgan fingerprint density at radius 3 is 2.54 bits per heavy atom. The second kappa shape index (κ2) is 7.61. The smallest absolute Gasteiger partial charge is 0.410 e. The van der Waals surface area contributed by atoms with Crippen molar-refractivity contribution < 1.29 is 19.4 Å². The Hall–Kier alpha value is -2.90. The van der Waals surface area contributed by atoms with Crippen molar-refractivity contribution >= 4 is 23.0 Å². The average molecular weight is 387 g/mol. The van der Waals surface area contributed by atoms with Crippen LogP contribution >= 0.6 is 0 Å². The van der Waals surface area contributed by atoms with Crippen LogP contribution in [-0.4, -0.2) is 50.3 Å². The lowest BCUT2D eigenvalue weighted by molar-refractivity contribution is -0.137. The molecular weight excluding hydrogens is 362 g/mol. The second-order valence-electron chi connectivity index (χ2n) is 8.09. The first-order valence-electron chi connectivity index (χ1n) is 9.33. The van der Waals surface area contributed by atoms with Gasteiger partial charge in [0.2, 0.25) is 0 Å². The van der Waals surface area contributed by atoms with Crippen LogP contribution in [0.4, 0.5) is 4.79 Å². The van der Waals surface area contributed by atoms with Crippen molar-refractivity contribution in [2.24, 2.45) is 0 Å². The highest BCUT2D eigenvalue weighted by Crippen LogP contribution is 2.29. The third-order valence-corrected chi connectivity index (χ3v) is 4.77. The molecule has 2 heterocycles. The van der Waals surface area contributed by atoms with E-state index < -0.39 is 18.1 Å². The topological polar surface area (TPSA) is 102 Å². The molecule has 3 rings (SSSR count). The van der Waals surface area contributed by atoms with E-state index in [0.717, 1.165) is 23.0 Å². The van der Waals surface area contributed by atoms with Gasteiger partial charge < -0.3 is 14.7 Å². The number of benzene rings is 1. The fourth-order valence-electron chi connectivity index (χ4n) is 3.41. The van der Waals surface area contributed by atoms with Crippen molar-refractivity contribution in [2.45, 2.75) is 51.7 Å². The first-order chi connectivity index (χ1) is 13.1. The van der Waals surface area contributed by atoms with E-state index >= 15 is 0 Å². The van der Waals surface area contributed by atoms with Gasteiger partial charge in [-0.2, -0.15) is 0 Å². The highest BCUT2D eigenvalue weighted by atomic mass is 16.6. The first kappa shape index (κ1) is 19.9. The molecule has 0 saturated carbocycles. The van der Waals surface area contributed by atoms with Crippen LogP contribution in [0, 0.1) is 0 Å². The number of ether oxygens (including phenoxy) is 1. The van der Waals surface area contributed by atoms with Gasteiger partial charge in [0.05, 0.1) is 17.2 Å². The molecule has 1 amide bonds. The number of carboxylic acid groups (broad SMARTS) is 1. The molecule has 0 bridgehead atoms. The molecule has 2 aromatic rings. The summed E-state index contributed by atoms with van der Waals surface area (Å²) in [6.45, 7) is 6.30. The van der Waals surface area contributed by atoms with Crippen LogP contribution in [-0.2, 0) is 16.1 Å². The van der Waals surface area contributed by atoms with Gasteiger partial charge in [0.15, 0.2) is 0 Å². The SMILES string of the molecule is CC(C)(C)OC(=O)N1CCC(c2ccc3ncn(CC(=O)O)c(=O)c3c2)CC1. The molecule has 8 nitrogen and oxygen atoms in total. The van der Waals surface area contributed by atoms with Gasteiger partial charge >= 0.3 is 12.1 Å². The van der Waals surface area contributed by atoms with E-state index in [4.69, 9.17) is 9.84 Å². The van der Waals surface area contributed by atoms with Crippen molar-refractivity contribution in [1.29, 1.82) is 0 Å². The molecule has 0 atom stereocenters. The maximum Gasteiger partial charge on any atom is 0.410 e. The van der Waals surface area contributed by atoms with E-state index in [1.807, 2.05) is 26.8 Å². The quantitative estimate of drug-likeness (QED) is 0.869. The molecule has 0 unspecified atom stereocenters. The second-order valence-corrected chi connectivity index (χ2v) is 8.09. The number of amides is 1. The molecule has 1 aliphatic rings. The van der Waals surface area contributed by atoms with Crippen molar-refractivity contribution in [2.75, 3.05) is 13.1 Å². The molecule has 28 heavy (non-hydrogen) atoms. The first-order valence-corrected chi connectivity index (χ1v) is 9.33. The number of aliphatic carboxylic acids is 1. The monoisotopic (exact) mass is 387 g/mol. The normalized spacial score (nSPS) is 15.6. The van der Waals surface area contributed by atoms with Crippen molar-refractivity contribution in [3.63, 3.8) is 0 Å². The molecule has 1 aromatic heterocycles. The van der Waals surface area contributed by atoms with Crippen LogP contribution in [0.1, 0.15) is 45.1 Å². The molecule has 1 aromatic carbocycles. The summed E-state index contributed by atoms with van der Waals surface area (Å²) in [5, 5.41) is 9.34. The Balaban J connectivity index is 1.76. The van der Waals surface area contributed by atoms with E-state index in [1.54, 1.807) is 17.0 Å². The van der Waals surface area contributed by atoms with Crippen LogP contribution in [0.15, 0.2) is 29.3 Å². The number of carbonyl (C=O) groups excluding carboxylic acids is 1. The Kier molecular flexibility index (Phi) is 5.40. The molecule has 0 spiro atoms. The Labute approximate surface area is 162 Å². The van der Waals surface area contributed by atoms with E-state index in [0.29, 0.717) is 24.0 Å². The summed E-state index contributed by atoms with van der Waals surface area (Å²) in [6, 6.07) is 5.54. The zero-order valence-corrected chi connectivity index (χ0v) is 16.3. The zero-order valence-electron chi connectivity index (χ0n) is 16.3. The molecule has 1 aliphatic heterocycles. The minimum Gasteiger partial charge on any atom is -0.480 e. The molecule has 150 valence electrons. The van der Waals surface area contributed by atoms with E-state index in [-0.39, 0.29) is 17.6 Å². The minimum atomic E-state index is -1.09. The number of fused-ring (bicyclic) bond motifs is 1. The average Bonchev–Trinajstić information content (AvgIpc) is 2.62. The zero-order chi connectivity index (χ0) is 20.5. The number of rotatable bonds is 3. The number of carbonyl (C=O) groups is 2. The van der Waals surface area contributed by atoms with Crippen molar-refractivity contribution in [3.8, 4) is 0 Å². The van der Waals surface area contributed by atoms with E-state index in [1.165, 1.54) is 6.33 Å². The lowest BCUT2D eigenvalue weighted by Gasteiger charge is -2.33. The molecule has 8 heteroatoms. The summed E-state index contributed by atoms with van der Waals surface area (Å²) in [6.07, 6.45) is 2.51. The van der Waals surface area contributed by atoms with Crippen molar-refractivity contribution in [1.82, 2.24) is 14.5 Å². The Morgan fingerprint density at radius 1 is 1.25 bits per heavy atom. The molecule has 1 saturated heterocycles. The third kappa shape index (κ3) is 4.49. The predicted octanol–water partition coefficient (Wildman–Crippen LogP) is 2.60. The molecule has 0 aliphatic carbocycles. The van der Waals surface area contributed by atoms with Crippen LogP contribution in [0.5, 0.6) is 0 Å². The number of aromatic nitrogens is 2. The van der Waals surface area contributed by atoms with Gasteiger partial charge in [-0.15, -0.1) is 0 Å². The van der Waals surface area contributed by atoms with Gasteiger partial charge in [0, 0.05) is 13.1 Å². The van der Waals surface area contributed by atoms with Crippen molar-refractivity contribution in [3.05, 3.63) is 40.4 Å². The largest absolute Gasteiger partial charge is 0.480 e. The molecular formula is C20H25N3O5. The maximum atomic E-state index is 12.6. The summed E-state index contributed by atoms with van der Waals surface area (Å²) in [7, 11) is 0. The number of nitrogens with zero attached hydrogens (tertiary/aromatic N) is 3. The van der Waals surface area contributed by atoms with Gasteiger partial charge in [-0.05, 0) is 57.2 Å². The van der Waals surface area contributed by atoms with E-state index in [9.17, 15) is 14.4 Å². The van der Waals surface area contributed by atoms with Crippen LogP contribution in [0.2, 0.25) is 0 Å². The summed E-state index contributed by atoms with van der Waals surface area (Å²) in [5.74, 6) is -0.871. The number of carboxylic acids is 1. The summed E-state index contributed by atoms with van der Waals surface area (Å²) < 4.78 is 6.52. The number of hydrogen-bond donors (Lipinski definition) is 1. The summed E-state index contributed by atoms with van der Waals surface area (Å²) >= 11 is 0. The number of hydrogen-bond acceptors (Lipinski definition) is 5.